The number of hydrogen-bond acceptors (Lipinski definition) is 4. The van der Waals surface area contributed by atoms with E-state index < -0.39 is 0 Å². The van der Waals surface area contributed by atoms with Crippen molar-refractivity contribution in [3.63, 3.8) is 0 Å². The van der Waals surface area contributed by atoms with Gasteiger partial charge < -0.3 is 19.3 Å². The smallest absolute Gasteiger partial charge is 0.242 e. The van der Waals surface area contributed by atoms with E-state index in [2.05, 4.69) is 13.8 Å². The van der Waals surface area contributed by atoms with Crippen LogP contribution in [0.25, 0.3) is 0 Å². The summed E-state index contributed by atoms with van der Waals surface area (Å²) in [6.45, 7) is 4.63. The minimum Gasteiger partial charge on any atom is -0.497 e. The van der Waals surface area contributed by atoms with Crippen LogP contribution in [0.5, 0.6) is 11.5 Å². The first-order valence-electron chi connectivity index (χ1n) is 8.22. The number of hydrogen-bond donors (Lipinski definition) is 0. The Morgan fingerprint density at radius 2 is 1.87 bits per heavy atom. The van der Waals surface area contributed by atoms with Crippen molar-refractivity contribution in [1.82, 2.24) is 4.90 Å². The van der Waals surface area contributed by atoms with E-state index in [0.717, 1.165) is 24.3 Å². The number of methoxy groups -OCH3 is 2. The van der Waals surface area contributed by atoms with Gasteiger partial charge in [-0.1, -0.05) is 0 Å². The predicted octanol–water partition coefficient (Wildman–Crippen LogP) is 2.93. The summed E-state index contributed by atoms with van der Waals surface area (Å²) in [4.78, 5) is 16.7. The van der Waals surface area contributed by atoms with Gasteiger partial charge in [0.1, 0.15) is 11.5 Å². The molecule has 0 radical (unpaired) electrons. The highest BCUT2D eigenvalue weighted by Gasteiger charge is 2.29. The van der Waals surface area contributed by atoms with Crippen molar-refractivity contribution in [2.45, 2.75) is 45.2 Å². The maximum Gasteiger partial charge on any atom is 0.242 e. The molecule has 1 heterocycles. The van der Waals surface area contributed by atoms with E-state index >= 15 is 0 Å². The van der Waals surface area contributed by atoms with Gasteiger partial charge >= 0.3 is 0 Å². The molecule has 1 amide bonds. The molecule has 0 spiro atoms. The molecule has 0 aromatic heterocycles. The van der Waals surface area contributed by atoms with Crippen LogP contribution in [-0.2, 0) is 4.79 Å². The maximum absolute atomic E-state index is 12.7. The second-order valence-corrected chi connectivity index (χ2v) is 6.32. The maximum atomic E-state index is 12.7. The molecule has 0 aliphatic carbocycles. The number of piperidine rings is 1. The predicted molar refractivity (Wildman–Crippen MR) is 92.4 cm³/mol. The molecule has 0 N–H and O–H groups in total. The molecule has 2 atom stereocenters. The summed E-state index contributed by atoms with van der Waals surface area (Å²) in [5.74, 6) is 1.62. The molecular weight excluding hydrogens is 292 g/mol. The molecule has 128 valence electrons. The molecule has 0 saturated carbocycles. The Bertz CT molecular complexity index is 537. The third-order valence-corrected chi connectivity index (χ3v) is 4.65. The fourth-order valence-corrected chi connectivity index (χ4v) is 3.38. The van der Waals surface area contributed by atoms with Crippen LogP contribution >= 0.6 is 0 Å². The highest BCUT2D eigenvalue weighted by molar-refractivity contribution is 5.82. The van der Waals surface area contributed by atoms with Gasteiger partial charge in [-0.05, 0) is 45.2 Å². The van der Waals surface area contributed by atoms with Gasteiger partial charge in [0, 0.05) is 25.2 Å². The third-order valence-electron chi connectivity index (χ3n) is 4.65. The van der Waals surface area contributed by atoms with E-state index in [1.54, 1.807) is 14.2 Å². The van der Waals surface area contributed by atoms with Gasteiger partial charge in [0.25, 0.3) is 0 Å². The van der Waals surface area contributed by atoms with Crippen molar-refractivity contribution in [2.75, 3.05) is 32.7 Å². The van der Waals surface area contributed by atoms with E-state index in [0.29, 0.717) is 24.4 Å². The molecule has 23 heavy (non-hydrogen) atoms. The van der Waals surface area contributed by atoms with Crippen LogP contribution in [0.1, 0.15) is 33.1 Å². The van der Waals surface area contributed by atoms with E-state index in [1.165, 1.54) is 6.42 Å². The van der Waals surface area contributed by atoms with Gasteiger partial charge in [-0.2, -0.15) is 0 Å². The lowest BCUT2D eigenvalue weighted by molar-refractivity contribution is -0.135. The number of likely N-dealkylation sites (tertiary alicyclic amines) is 1. The summed E-state index contributed by atoms with van der Waals surface area (Å²) < 4.78 is 10.7. The Kier molecular flexibility index (Phi) is 5.74. The van der Waals surface area contributed by atoms with Crippen LogP contribution in [0.2, 0.25) is 0 Å². The van der Waals surface area contributed by atoms with Gasteiger partial charge in [-0.15, -0.1) is 0 Å². The number of benzene rings is 1. The Hall–Kier alpha value is -1.91. The lowest BCUT2D eigenvalue weighted by atomic mass is 9.97. The van der Waals surface area contributed by atoms with Gasteiger partial charge in [-0.25, -0.2) is 0 Å². The Balaban J connectivity index is 2.12. The fourth-order valence-electron chi connectivity index (χ4n) is 3.38. The van der Waals surface area contributed by atoms with Gasteiger partial charge in [0.05, 0.1) is 26.5 Å². The highest BCUT2D eigenvalue weighted by Crippen LogP contribution is 2.32. The van der Waals surface area contributed by atoms with Gasteiger partial charge in [0.15, 0.2) is 0 Å². The van der Waals surface area contributed by atoms with E-state index in [-0.39, 0.29) is 5.91 Å². The van der Waals surface area contributed by atoms with Crippen molar-refractivity contribution in [2.24, 2.45) is 0 Å². The van der Waals surface area contributed by atoms with E-state index in [4.69, 9.17) is 9.47 Å². The fraction of sp³-hybridized carbons (Fsp3) is 0.611. The van der Waals surface area contributed by atoms with Crippen LogP contribution in [-0.4, -0.2) is 50.7 Å². The highest BCUT2D eigenvalue weighted by atomic mass is 16.5. The monoisotopic (exact) mass is 320 g/mol. The number of carbonyl (C=O) groups is 1. The van der Waals surface area contributed by atoms with Crippen molar-refractivity contribution in [1.29, 1.82) is 0 Å². The molecule has 2 rings (SSSR count). The summed E-state index contributed by atoms with van der Waals surface area (Å²) in [5.41, 5.74) is 0.888. The first-order valence-corrected chi connectivity index (χ1v) is 8.22. The molecule has 1 aliphatic rings. The molecule has 0 unspecified atom stereocenters. The molecule has 1 aromatic rings. The number of amides is 1. The molecule has 5 nitrogen and oxygen atoms in total. The minimum atomic E-state index is 0.171. The second kappa shape index (κ2) is 7.57. The molecule has 1 fully saturated rings. The molecular formula is C18H28N2O3. The number of carbonyl (C=O) groups excluding carboxylic acids is 1. The van der Waals surface area contributed by atoms with Crippen molar-refractivity contribution >= 4 is 11.6 Å². The molecule has 1 aromatic carbocycles. The van der Waals surface area contributed by atoms with Crippen LogP contribution in [0.4, 0.5) is 5.69 Å². The lowest BCUT2D eigenvalue weighted by Crippen LogP contribution is -2.50. The summed E-state index contributed by atoms with van der Waals surface area (Å²) in [6, 6.07) is 6.27. The summed E-state index contributed by atoms with van der Waals surface area (Å²) in [7, 11) is 5.17. The Labute approximate surface area is 139 Å². The molecule has 1 aliphatic heterocycles. The number of anilines is 1. The van der Waals surface area contributed by atoms with Crippen molar-refractivity contribution in [3.05, 3.63) is 18.2 Å². The topological polar surface area (TPSA) is 42.0 Å². The number of ether oxygens (including phenoxy) is 2. The Morgan fingerprint density at radius 1 is 1.22 bits per heavy atom. The number of nitrogens with zero attached hydrogens (tertiary/aromatic N) is 2. The van der Waals surface area contributed by atoms with Crippen molar-refractivity contribution in [3.8, 4) is 11.5 Å². The molecule has 1 saturated heterocycles. The standard InChI is InChI=1S/C18H28N2O3/c1-13-7-6-8-14(2)20(13)18(21)12-19(3)16-10-9-15(22-4)11-17(16)23-5/h9-11,13-14H,6-8,12H2,1-5H3/t13-,14-/m0/s1. The molecule has 0 bridgehead atoms. The zero-order valence-electron chi connectivity index (χ0n) is 14.8. The largest absolute Gasteiger partial charge is 0.497 e. The zero-order valence-corrected chi connectivity index (χ0v) is 14.8. The summed E-state index contributed by atoms with van der Waals surface area (Å²) in [5, 5.41) is 0. The first kappa shape index (κ1) is 17.4. The van der Waals surface area contributed by atoms with Gasteiger partial charge in [0.2, 0.25) is 5.91 Å². The van der Waals surface area contributed by atoms with Crippen LogP contribution < -0.4 is 14.4 Å². The van der Waals surface area contributed by atoms with Gasteiger partial charge in [-0.3, -0.25) is 4.79 Å². The van der Waals surface area contributed by atoms with Crippen LogP contribution in [0.15, 0.2) is 18.2 Å². The van der Waals surface area contributed by atoms with Crippen molar-refractivity contribution < 1.29 is 14.3 Å². The average Bonchev–Trinajstić information content (AvgIpc) is 2.53. The second-order valence-electron chi connectivity index (χ2n) is 6.32. The number of rotatable bonds is 5. The normalized spacial score (nSPS) is 21.0. The summed E-state index contributed by atoms with van der Waals surface area (Å²) in [6.07, 6.45) is 3.38. The minimum absolute atomic E-state index is 0.171. The lowest BCUT2D eigenvalue weighted by Gasteiger charge is -2.40. The first-order chi connectivity index (χ1) is 11.0. The van der Waals surface area contributed by atoms with E-state index in [9.17, 15) is 4.79 Å². The average molecular weight is 320 g/mol. The Morgan fingerprint density at radius 3 is 2.43 bits per heavy atom. The quantitative estimate of drug-likeness (QED) is 0.836. The van der Waals surface area contributed by atoms with E-state index in [1.807, 2.05) is 35.0 Å². The zero-order chi connectivity index (χ0) is 17.0. The van der Waals surface area contributed by atoms with Crippen LogP contribution in [0, 0.1) is 0 Å². The summed E-state index contributed by atoms with van der Waals surface area (Å²) >= 11 is 0. The van der Waals surface area contributed by atoms with Crippen LogP contribution in [0.3, 0.4) is 0 Å². The third kappa shape index (κ3) is 3.89. The SMILES string of the molecule is COc1ccc(N(C)CC(=O)N2[C@@H](C)CCC[C@@H]2C)c(OC)c1. The molecule has 5 heteroatoms. The number of likely N-dealkylation sites (N-methyl/N-ethyl adjacent to an activating group) is 1.